The Bertz CT molecular complexity index is 987. The maximum absolute atomic E-state index is 12.4. The Hall–Kier alpha value is -2.84. The zero-order valence-electron chi connectivity index (χ0n) is 14.0. The number of pyridine rings is 1. The third kappa shape index (κ3) is 3.81. The van der Waals surface area contributed by atoms with Crippen LogP contribution in [0, 0.1) is 25.2 Å². The van der Waals surface area contributed by atoms with Crippen molar-refractivity contribution in [2.75, 3.05) is 11.1 Å². The van der Waals surface area contributed by atoms with Gasteiger partial charge in [0.2, 0.25) is 5.91 Å². The second-order valence-electron chi connectivity index (χ2n) is 5.74. The van der Waals surface area contributed by atoms with Gasteiger partial charge in [-0.1, -0.05) is 48.2 Å². The lowest BCUT2D eigenvalue weighted by molar-refractivity contribution is -0.113. The zero-order valence-corrected chi connectivity index (χ0v) is 14.9. The molecule has 0 unspecified atom stereocenters. The summed E-state index contributed by atoms with van der Waals surface area (Å²) < 4.78 is 0. The Morgan fingerprint density at radius 1 is 1.20 bits per heavy atom. The molecule has 0 aliphatic heterocycles. The minimum absolute atomic E-state index is 0.119. The number of hydrogen-bond acceptors (Lipinski definition) is 4. The molecule has 5 heteroatoms. The van der Waals surface area contributed by atoms with Gasteiger partial charge in [-0.2, -0.15) is 5.26 Å². The molecule has 25 heavy (non-hydrogen) atoms. The molecule has 0 spiro atoms. The van der Waals surface area contributed by atoms with Crippen molar-refractivity contribution in [2.45, 2.75) is 18.9 Å². The second-order valence-corrected chi connectivity index (χ2v) is 6.70. The number of carbonyl (C=O) groups excluding carboxylic acids is 1. The van der Waals surface area contributed by atoms with Gasteiger partial charge >= 0.3 is 0 Å². The lowest BCUT2D eigenvalue weighted by atomic mass is 10.1. The molecule has 0 atom stereocenters. The predicted molar refractivity (Wildman–Crippen MR) is 102 cm³/mol. The molecule has 0 saturated carbocycles. The largest absolute Gasteiger partial charge is 0.325 e. The van der Waals surface area contributed by atoms with E-state index in [1.807, 2.05) is 62.4 Å². The Labute approximate surface area is 150 Å². The van der Waals surface area contributed by atoms with Crippen LogP contribution in [0.5, 0.6) is 0 Å². The Kier molecular flexibility index (Phi) is 5.01. The number of carbonyl (C=O) groups is 1. The van der Waals surface area contributed by atoms with E-state index >= 15 is 0 Å². The van der Waals surface area contributed by atoms with Crippen molar-refractivity contribution < 1.29 is 4.79 Å². The highest BCUT2D eigenvalue weighted by Crippen LogP contribution is 2.25. The van der Waals surface area contributed by atoms with E-state index in [0.717, 1.165) is 27.7 Å². The smallest absolute Gasteiger partial charge is 0.234 e. The summed E-state index contributed by atoms with van der Waals surface area (Å²) in [5.41, 5.74) is 3.05. The summed E-state index contributed by atoms with van der Waals surface area (Å²) in [6, 6.07) is 17.8. The minimum atomic E-state index is -0.119. The van der Waals surface area contributed by atoms with E-state index in [2.05, 4.69) is 16.4 Å². The molecule has 0 aliphatic rings. The van der Waals surface area contributed by atoms with Gasteiger partial charge < -0.3 is 5.32 Å². The van der Waals surface area contributed by atoms with Gasteiger partial charge in [0.1, 0.15) is 11.1 Å². The number of rotatable bonds is 4. The van der Waals surface area contributed by atoms with Crippen LogP contribution in [0.1, 0.15) is 16.8 Å². The van der Waals surface area contributed by atoms with Gasteiger partial charge in [-0.25, -0.2) is 4.98 Å². The fourth-order valence-electron chi connectivity index (χ4n) is 2.70. The summed E-state index contributed by atoms with van der Waals surface area (Å²) >= 11 is 1.29. The Morgan fingerprint density at radius 3 is 2.76 bits per heavy atom. The molecule has 1 N–H and O–H groups in total. The van der Waals surface area contributed by atoms with E-state index < -0.39 is 0 Å². The summed E-state index contributed by atoms with van der Waals surface area (Å²) in [7, 11) is 0. The molecule has 0 aliphatic carbocycles. The van der Waals surface area contributed by atoms with Gasteiger partial charge in [0, 0.05) is 16.8 Å². The van der Waals surface area contributed by atoms with Crippen molar-refractivity contribution in [2.24, 2.45) is 0 Å². The number of nitriles is 1. The third-order valence-electron chi connectivity index (χ3n) is 3.83. The lowest BCUT2D eigenvalue weighted by Gasteiger charge is -2.10. The number of thioether (sulfide) groups is 1. The fourth-order valence-corrected chi connectivity index (χ4v) is 3.60. The summed E-state index contributed by atoms with van der Waals surface area (Å²) in [4.78, 5) is 16.8. The Morgan fingerprint density at radius 2 is 1.96 bits per heavy atom. The maximum Gasteiger partial charge on any atom is 0.234 e. The van der Waals surface area contributed by atoms with E-state index in [9.17, 15) is 10.1 Å². The van der Waals surface area contributed by atoms with Gasteiger partial charge in [-0.05, 0) is 36.9 Å². The number of nitrogens with one attached hydrogen (secondary N) is 1. The number of fused-ring (bicyclic) bond motifs is 1. The number of hydrogen-bond donors (Lipinski definition) is 1. The van der Waals surface area contributed by atoms with E-state index in [0.29, 0.717) is 10.6 Å². The first-order valence-corrected chi connectivity index (χ1v) is 8.86. The first-order chi connectivity index (χ1) is 12.1. The van der Waals surface area contributed by atoms with E-state index in [1.54, 1.807) is 0 Å². The van der Waals surface area contributed by atoms with Crippen molar-refractivity contribution in [1.82, 2.24) is 4.98 Å². The molecule has 0 fully saturated rings. The van der Waals surface area contributed by atoms with Crippen LogP contribution in [0.4, 0.5) is 5.69 Å². The molecule has 1 heterocycles. The first kappa shape index (κ1) is 17.0. The van der Waals surface area contributed by atoms with E-state index in [1.165, 1.54) is 11.8 Å². The highest BCUT2D eigenvalue weighted by Gasteiger charge is 2.12. The molecule has 124 valence electrons. The van der Waals surface area contributed by atoms with Crippen LogP contribution in [0.3, 0.4) is 0 Å². The number of aromatic nitrogens is 1. The third-order valence-corrected chi connectivity index (χ3v) is 4.80. The maximum atomic E-state index is 12.4. The summed E-state index contributed by atoms with van der Waals surface area (Å²) in [6.45, 7) is 3.77. The number of aryl methyl sites for hydroxylation is 2. The standard InChI is InChI=1S/C20H17N3OS/c1-13-10-14(2)22-20(17(13)11-21)25-12-19(24)23-18-9-5-7-15-6-3-4-8-16(15)18/h3-10H,12H2,1-2H3,(H,23,24). The van der Waals surface area contributed by atoms with Gasteiger partial charge in [-0.3, -0.25) is 4.79 Å². The van der Waals surface area contributed by atoms with E-state index in [-0.39, 0.29) is 11.7 Å². The summed E-state index contributed by atoms with van der Waals surface area (Å²) in [5.74, 6) is 0.0829. The van der Waals surface area contributed by atoms with Crippen LogP contribution < -0.4 is 5.32 Å². The number of nitrogens with zero attached hydrogens (tertiary/aromatic N) is 2. The van der Waals surface area contributed by atoms with Crippen molar-refractivity contribution in [1.29, 1.82) is 5.26 Å². The molecule has 0 bridgehead atoms. The van der Waals surface area contributed by atoms with Crippen LogP contribution >= 0.6 is 11.8 Å². The second kappa shape index (κ2) is 7.37. The van der Waals surface area contributed by atoms with Crippen LogP contribution in [0.15, 0.2) is 53.6 Å². The molecule has 3 aromatic rings. The van der Waals surface area contributed by atoms with Crippen molar-refractivity contribution >= 4 is 34.1 Å². The average molecular weight is 347 g/mol. The number of benzene rings is 2. The topological polar surface area (TPSA) is 65.8 Å². The highest BCUT2D eigenvalue weighted by atomic mass is 32.2. The Balaban J connectivity index is 1.75. The molecule has 0 radical (unpaired) electrons. The van der Waals surface area contributed by atoms with Crippen molar-refractivity contribution in [3.05, 3.63) is 65.4 Å². The van der Waals surface area contributed by atoms with Crippen LogP contribution in [-0.4, -0.2) is 16.6 Å². The van der Waals surface area contributed by atoms with Crippen molar-refractivity contribution in [3.8, 4) is 6.07 Å². The highest BCUT2D eigenvalue weighted by molar-refractivity contribution is 8.00. The summed E-state index contributed by atoms with van der Waals surface area (Å²) in [5, 5.41) is 14.9. The number of anilines is 1. The monoisotopic (exact) mass is 347 g/mol. The van der Waals surface area contributed by atoms with Gasteiger partial charge in [0.15, 0.2) is 0 Å². The SMILES string of the molecule is Cc1cc(C)c(C#N)c(SCC(=O)Nc2cccc3ccccc23)n1. The summed E-state index contributed by atoms with van der Waals surface area (Å²) in [6.07, 6.45) is 0. The normalized spacial score (nSPS) is 10.4. The van der Waals surface area contributed by atoms with Gasteiger partial charge in [-0.15, -0.1) is 0 Å². The quantitative estimate of drug-likeness (QED) is 0.708. The van der Waals surface area contributed by atoms with E-state index in [4.69, 9.17) is 0 Å². The molecule has 0 saturated heterocycles. The number of amides is 1. The fraction of sp³-hybridized carbons (Fsp3) is 0.150. The molecule has 2 aromatic carbocycles. The van der Waals surface area contributed by atoms with Crippen LogP contribution in [-0.2, 0) is 4.79 Å². The minimum Gasteiger partial charge on any atom is -0.325 e. The van der Waals surface area contributed by atoms with Crippen molar-refractivity contribution in [3.63, 3.8) is 0 Å². The average Bonchev–Trinajstić information content (AvgIpc) is 2.60. The molecule has 3 rings (SSSR count). The first-order valence-electron chi connectivity index (χ1n) is 7.87. The van der Waals surface area contributed by atoms with Gasteiger partial charge in [0.25, 0.3) is 0 Å². The molecular formula is C20H17N3OS. The zero-order chi connectivity index (χ0) is 17.8. The van der Waals surface area contributed by atoms with Crippen LogP contribution in [0.2, 0.25) is 0 Å². The molecule has 4 nitrogen and oxygen atoms in total. The van der Waals surface area contributed by atoms with Crippen LogP contribution in [0.25, 0.3) is 10.8 Å². The van der Waals surface area contributed by atoms with Gasteiger partial charge in [0.05, 0.1) is 11.3 Å². The molecule has 1 amide bonds. The predicted octanol–water partition coefficient (Wildman–Crippen LogP) is 4.45. The molecule has 1 aromatic heterocycles. The lowest BCUT2D eigenvalue weighted by Crippen LogP contribution is -2.14. The molecular weight excluding hydrogens is 330 g/mol.